The van der Waals surface area contributed by atoms with Gasteiger partial charge in [-0.05, 0) is 95.8 Å². The molecule has 0 bridgehead atoms. The summed E-state index contributed by atoms with van der Waals surface area (Å²) in [6.45, 7) is 6.22. The average Bonchev–Trinajstić information content (AvgIpc) is 3.93. The maximum atomic E-state index is 13.7. The molecule has 0 unspecified atom stereocenters. The van der Waals surface area contributed by atoms with Gasteiger partial charge in [0.1, 0.15) is 11.0 Å². The molecule has 2 aromatic carbocycles. The van der Waals surface area contributed by atoms with Crippen LogP contribution in [0.2, 0.25) is 15.2 Å². The molecule has 2 saturated heterocycles. The monoisotopic (exact) mass is 1080 g/mol. The summed E-state index contributed by atoms with van der Waals surface area (Å²) in [7, 11) is -3.48. The number of piperidine rings is 2. The van der Waals surface area contributed by atoms with Crippen molar-refractivity contribution in [1.82, 2.24) is 44.3 Å². The minimum atomic E-state index is -3.59. The summed E-state index contributed by atoms with van der Waals surface area (Å²) in [6.07, 6.45) is 10.8. The van der Waals surface area contributed by atoms with E-state index >= 15 is 0 Å². The Kier molecular flexibility index (Phi) is 18.5. The van der Waals surface area contributed by atoms with Crippen LogP contribution in [0.25, 0.3) is 11.3 Å². The minimum Gasteiger partial charge on any atom is -0.395 e. The second-order valence-corrected chi connectivity index (χ2v) is 22.1. The Morgan fingerprint density at radius 2 is 1.17 bits per heavy atom. The highest BCUT2D eigenvalue weighted by atomic mass is 35.5. The fourth-order valence-electron chi connectivity index (χ4n) is 8.34. The predicted molar refractivity (Wildman–Crippen MR) is 277 cm³/mol. The van der Waals surface area contributed by atoms with Crippen LogP contribution in [0.15, 0.2) is 60.9 Å². The molecule has 0 radical (unpaired) electrons. The number of carbonyl (C=O) groups excluding carboxylic acids is 2. The van der Waals surface area contributed by atoms with Gasteiger partial charge < -0.3 is 30.2 Å². The van der Waals surface area contributed by atoms with E-state index in [9.17, 15) is 31.5 Å². The molecule has 2 amide bonds. The first-order valence-corrected chi connectivity index (χ1v) is 27.7. The van der Waals surface area contributed by atoms with Gasteiger partial charge in [-0.3, -0.25) is 19.0 Å². The van der Waals surface area contributed by atoms with Gasteiger partial charge in [-0.25, -0.2) is 35.8 Å². The number of hydrogen-bond acceptors (Lipinski definition) is 14. The lowest BCUT2D eigenvalue weighted by Gasteiger charge is -2.35. The number of hydrogen-bond donors (Lipinski definition) is 5. The third-order valence-corrected chi connectivity index (χ3v) is 13.6. The lowest BCUT2D eigenvalue weighted by Crippen LogP contribution is -2.39. The molecular formula is C46H59Cl3N12O8S2. The molecule has 20 nitrogen and oxygen atoms in total. The number of benzene rings is 2. The summed E-state index contributed by atoms with van der Waals surface area (Å²) in [5, 5.41) is 30.5. The Hall–Kier alpha value is -5.33. The molecule has 2 aliphatic heterocycles. The normalized spacial score (nSPS) is 16.2. The number of likely N-dealkylation sites (tertiary alicyclic amines) is 2. The summed E-state index contributed by atoms with van der Waals surface area (Å²) in [5.74, 6) is 0.135. The van der Waals surface area contributed by atoms with Crippen LogP contribution in [0.3, 0.4) is 0 Å². The highest BCUT2D eigenvalue weighted by Gasteiger charge is 2.34. The number of carbonyl (C=O) groups is 2. The molecule has 4 aromatic heterocycles. The Bertz CT molecular complexity index is 3060. The Morgan fingerprint density at radius 3 is 1.59 bits per heavy atom. The molecule has 2 fully saturated rings. The van der Waals surface area contributed by atoms with Gasteiger partial charge in [-0.1, -0.05) is 34.8 Å². The number of aryl methyl sites for hydroxylation is 2. The third-order valence-electron chi connectivity index (χ3n) is 11.6. The number of aliphatic hydroxyl groups excluding tert-OH is 2. The maximum Gasteiger partial charge on any atom is 0.256 e. The molecule has 0 saturated carbocycles. The first-order chi connectivity index (χ1) is 33.6. The fraction of sp³-hybridized carbons (Fsp3) is 0.435. The number of amides is 2. The van der Waals surface area contributed by atoms with Gasteiger partial charge in [0.2, 0.25) is 20.0 Å². The number of sulfonamides is 2. The van der Waals surface area contributed by atoms with Crippen molar-refractivity contribution in [3.8, 4) is 0 Å². The van der Waals surface area contributed by atoms with E-state index in [1.54, 1.807) is 44.2 Å². The molecule has 0 aliphatic carbocycles. The van der Waals surface area contributed by atoms with Crippen molar-refractivity contribution in [3.05, 3.63) is 110 Å². The van der Waals surface area contributed by atoms with E-state index in [-0.39, 0.29) is 59.6 Å². The van der Waals surface area contributed by atoms with Crippen molar-refractivity contribution in [3.63, 3.8) is 0 Å². The highest BCUT2D eigenvalue weighted by Crippen LogP contribution is 2.36. The standard InChI is InChI=1S/C23H29ClN6O4S.C20H21Cl2N5O3S.C3H9NO/c1-15-14-30-21(25-22(15)28(2)10-11-31)13-19(26-30)20-6-4-5-9-29(20)23(32)17-12-16(24)7-8-18(17)27-35(3,33)34;1-12-11-27-18(23-19(12)22)10-16(24-27)17-5-3-4-8-26(17)20(28)14-9-13(21)6-7-15(14)25-31(2,29)30;1-4-2-3-5/h7-8,12-14,20,27,31H,4-6,9-11H2,1-3H3;6-7,9-11,17,25H,3-5,8H2,1-2H3;4-5H,2-3H2,1H3/t20-;17-;/m00./s1. The van der Waals surface area contributed by atoms with E-state index in [1.165, 1.54) is 24.3 Å². The smallest absolute Gasteiger partial charge is 0.256 e. The molecule has 25 heteroatoms. The number of anilines is 3. The van der Waals surface area contributed by atoms with Crippen LogP contribution in [0.5, 0.6) is 0 Å². The van der Waals surface area contributed by atoms with E-state index in [2.05, 4.69) is 24.8 Å². The molecule has 8 rings (SSSR count). The first-order valence-electron chi connectivity index (χ1n) is 22.7. The largest absolute Gasteiger partial charge is 0.395 e. The van der Waals surface area contributed by atoms with Gasteiger partial charge in [0.05, 0.1) is 71.7 Å². The van der Waals surface area contributed by atoms with Crippen molar-refractivity contribution < 1.29 is 36.6 Å². The number of rotatable bonds is 13. The van der Waals surface area contributed by atoms with Crippen LogP contribution in [0.4, 0.5) is 17.2 Å². The molecule has 6 heterocycles. The Morgan fingerprint density at radius 1 is 0.704 bits per heavy atom. The lowest BCUT2D eigenvalue weighted by atomic mass is 9.98. The maximum absolute atomic E-state index is 13.7. The van der Waals surface area contributed by atoms with Gasteiger partial charge in [0.25, 0.3) is 11.8 Å². The second-order valence-electron chi connectivity index (χ2n) is 17.3. The number of fused-ring (bicyclic) bond motifs is 2. The number of aromatic nitrogens is 6. The molecule has 0 spiro atoms. The zero-order chi connectivity index (χ0) is 51.8. The second kappa shape index (κ2) is 23.9. The topological polar surface area (TPSA) is 249 Å². The molecule has 6 aromatic rings. The van der Waals surface area contributed by atoms with Crippen molar-refractivity contribution in [2.24, 2.45) is 0 Å². The van der Waals surface area contributed by atoms with E-state index in [0.717, 1.165) is 68.0 Å². The summed E-state index contributed by atoms with van der Waals surface area (Å²) >= 11 is 18.4. The van der Waals surface area contributed by atoms with Crippen LogP contribution in [-0.2, 0) is 20.0 Å². The van der Waals surface area contributed by atoms with Crippen molar-refractivity contribution >= 4 is 95.2 Å². The molecule has 2 aliphatic rings. The van der Waals surface area contributed by atoms with E-state index < -0.39 is 20.0 Å². The zero-order valence-corrected chi connectivity index (χ0v) is 44.1. The van der Waals surface area contributed by atoms with Gasteiger partial charge in [-0.2, -0.15) is 10.2 Å². The molecule has 71 heavy (non-hydrogen) atoms. The van der Waals surface area contributed by atoms with Gasteiger partial charge in [0, 0.05) is 78.9 Å². The molecule has 5 N–H and O–H groups in total. The van der Waals surface area contributed by atoms with Gasteiger partial charge >= 0.3 is 0 Å². The highest BCUT2D eigenvalue weighted by molar-refractivity contribution is 7.92. The minimum absolute atomic E-state index is 0.0200. The average molecular weight is 1080 g/mol. The number of nitrogens with one attached hydrogen (secondary N) is 3. The van der Waals surface area contributed by atoms with Gasteiger partial charge in [-0.15, -0.1) is 0 Å². The fourth-order valence-corrected chi connectivity index (χ4v) is 9.98. The molecular weight excluding hydrogens is 1020 g/mol. The van der Waals surface area contributed by atoms with Crippen molar-refractivity contribution in [2.45, 2.75) is 64.5 Å². The predicted octanol–water partition coefficient (Wildman–Crippen LogP) is 6.14. The van der Waals surface area contributed by atoms with E-state index in [1.807, 2.05) is 44.1 Å². The van der Waals surface area contributed by atoms with Crippen molar-refractivity contribution in [1.29, 1.82) is 0 Å². The van der Waals surface area contributed by atoms with Crippen LogP contribution < -0.4 is 19.7 Å². The summed E-state index contributed by atoms with van der Waals surface area (Å²) in [4.78, 5) is 41.6. The Labute approximate surface area is 428 Å². The van der Waals surface area contributed by atoms with Gasteiger partial charge in [0.15, 0.2) is 11.3 Å². The third kappa shape index (κ3) is 14.2. The van der Waals surface area contributed by atoms with Crippen LogP contribution >= 0.6 is 34.8 Å². The summed E-state index contributed by atoms with van der Waals surface area (Å²) in [6, 6.07) is 12.2. The number of likely N-dealkylation sites (N-methyl/N-ethyl adjacent to an activating group) is 2. The quantitative estimate of drug-likeness (QED) is 0.0816. The van der Waals surface area contributed by atoms with Crippen LogP contribution in [-0.4, -0.2) is 144 Å². The zero-order valence-electron chi connectivity index (χ0n) is 40.2. The van der Waals surface area contributed by atoms with E-state index in [0.29, 0.717) is 64.1 Å². The summed E-state index contributed by atoms with van der Waals surface area (Å²) in [5.41, 5.74) is 5.16. The SMILES string of the molecule is CNCCO.Cc1cn2nc([C@@H]3CCCCN3C(=O)c3cc(Cl)ccc3NS(C)(=O)=O)cc2nc1Cl.Cc1cn2nc([C@@H]3CCCCN3C(=O)c3cc(Cl)ccc3NS(C)(=O)=O)cc2nc1N(C)CCO. The summed E-state index contributed by atoms with van der Waals surface area (Å²) < 4.78 is 55.5. The lowest BCUT2D eigenvalue weighted by molar-refractivity contribution is 0.0600. The van der Waals surface area contributed by atoms with E-state index in [4.69, 9.17) is 50.0 Å². The first kappa shape index (κ1) is 55.0. The van der Waals surface area contributed by atoms with Crippen LogP contribution in [0, 0.1) is 13.8 Å². The number of halogens is 3. The number of aliphatic hydroxyl groups is 2. The molecule has 384 valence electrons. The Balaban J connectivity index is 0.000000213. The van der Waals surface area contributed by atoms with Crippen LogP contribution in [0.1, 0.15) is 93.8 Å². The number of nitrogens with zero attached hydrogens (tertiary/aromatic N) is 9. The van der Waals surface area contributed by atoms with Crippen molar-refractivity contribution in [2.75, 3.05) is 80.3 Å². The molecule has 2 atom stereocenters.